The van der Waals surface area contributed by atoms with E-state index in [4.69, 9.17) is 9.05 Å². The maximum Gasteiger partial charge on any atom is 0.411 e. The van der Waals surface area contributed by atoms with Gasteiger partial charge in [0, 0.05) is 5.56 Å². The lowest BCUT2D eigenvalue weighted by atomic mass is 10.0. The number of hydrogen-bond acceptors (Lipinski definition) is 3. The van der Waals surface area contributed by atoms with Gasteiger partial charge in [-0.05, 0) is 25.1 Å². The van der Waals surface area contributed by atoms with Crippen LogP contribution < -0.4 is 9.83 Å². The van der Waals surface area contributed by atoms with Gasteiger partial charge in [-0.3, -0.25) is 4.52 Å². The van der Waals surface area contributed by atoms with Crippen LogP contribution in [-0.4, -0.2) is 6.61 Å². The molecule has 0 aliphatic carbocycles. The van der Waals surface area contributed by atoms with Crippen molar-refractivity contribution < 1.29 is 18.0 Å². The highest BCUT2D eigenvalue weighted by Crippen LogP contribution is 2.55. The third-order valence-corrected chi connectivity index (χ3v) is 4.98. The van der Waals surface area contributed by atoms with Gasteiger partial charge in [0.2, 0.25) is 0 Å². The summed E-state index contributed by atoms with van der Waals surface area (Å²) in [6.07, 6.45) is 0. The molecule has 0 bridgehead atoms. The molecule has 1 heterocycles. The second-order valence-corrected chi connectivity index (χ2v) is 6.05. The van der Waals surface area contributed by atoms with E-state index in [1.54, 1.807) is 37.3 Å². The second-order valence-electron chi connectivity index (χ2n) is 4.14. The summed E-state index contributed by atoms with van der Waals surface area (Å²) >= 11 is 0. The lowest BCUT2D eigenvalue weighted by Crippen LogP contribution is -2.20. The van der Waals surface area contributed by atoms with Gasteiger partial charge >= 0.3 is 7.60 Å². The minimum absolute atomic E-state index is 0.260. The van der Waals surface area contributed by atoms with Crippen molar-refractivity contribution in [3.05, 3.63) is 48.3 Å². The zero-order chi connectivity index (χ0) is 13.5. The van der Waals surface area contributed by atoms with Crippen LogP contribution in [0.1, 0.15) is 6.92 Å². The van der Waals surface area contributed by atoms with Crippen LogP contribution in [0.3, 0.4) is 0 Å². The highest BCUT2D eigenvalue weighted by Gasteiger charge is 2.38. The molecule has 5 heteroatoms. The van der Waals surface area contributed by atoms with Crippen LogP contribution in [0.15, 0.2) is 42.5 Å². The summed E-state index contributed by atoms with van der Waals surface area (Å²) in [6.45, 7) is 2.00. The summed E-state index contributed by atoms with van der Waals surface area (Å²) in [5.41, 5.74) is 0.905. The first kappa shape index (κ1) is 12.4. The first-order chi connectivity index (χ1) is 9.15. The van der Waals surface area contributed by atoms with E-state index in [1.165, 1.54) is 12.1 Å². The van der Waals surface area contributed by atoms with Crippen LogP contribution >= 0.6 is 7.60 Å². The van der Waals surface area contributed by atoms with Crippen molar-refractivity contribution in [1.82, 2.24) is 0 Å². The van der Waals surface area contributed by atoms with Crippen molar-refractivity contribution in [3.8, 4) is 16.9 Å². The Labute approximate surface area is 110 Å². The molecule has 1 aliphatic rings. The predicted molar refractivity (Wildman–Crippen MR) is 71.3 cm³/mol. The van der Waals surface area contributed by atoms with Crippen LogP contribution in [0.25, 0.3) is 11.1 Å². The Hall–Kier alpha value is -1.64. The monoisotopic (exact) mass is 278 g/mol. The molecule has 2 aromatic carbocycles. The average Bonchev–Trinajstić information content (AvgIpc) is 2.39. The van der Waals surface area contributed by atoms with Gasteiger partial charge in [-0.1, -0.05) is 24.3 Å². The first-order valence-corrected chi connectivity index (χ1v) is 7.52. The molecule has 0 N–H and O–H groups in total. The maximum atomic E-state index is 14.0. The Kier molecular flexibility index (Phi) is 2.92. The van der Waals surface area contributed by atoms with Crippen LogP contribution in [-0.2, 0) is 9.09 Å². The Bertz CT molecular complexity index is 684. The number of benzene rings is 2. The smallest absolute Gasteiger partial charge is 0.411 e. The second kappa shape index (κ2) is 4.48. The van der Waals surface area contributed by atoms with Crippen molar-refractivity contribution >= 4 is 12.9 Å². The SMILES string of the molecule is CCOP1(=O)Oc2cccc(F)c2-c2ccccc21. The van der Waals surface area contributed by atoms with E-state index in [-0.39, 0.29) is 12.4 Å². The van der Waals surface area contributed by atoms with Gasteiger partial charge < -0.3 is 4.52 Å². The van der Waals surface area contributed by atoms with E-state index in [0.29, 0.717) is 16.4 Å². The van der Waals surface area contributed by atoms with Crippen LogP contribution in [0.2, 0.25) is 0 Å². The highest BCUT2D eigenvalue weighted by atomic mass is 31.2. The predicted octanol–water partition coefficient (Wildman–Crippen LogP) is 3.74. The molecule has 2 aromatic rings. The largest absolute Gasteiger partial charge is 0.420 e. The lowest BCUT2D eigenvalue weighted by Gasteiger charge is -2.27. The molecule has 3 rings (SSSR count). The van der Waals surface area contributed by atoms with Gasteiger partial charge in [-0.25, -0.2) is 8.96 Å². The minimum Gasteiger partial charge on any atom is -0.420 e. The Morgan fingerprint density at radius 3 is 2.79 bits per heavy atom. The van der Waals surface area contributed by atoms with Crippen molar-refractivity contribution in [2.24, 2.45) is 0 Å². The molecule has 0 fully saturated rings. The van der Waals surface area contributed by atoms with Crippen molar-refractivity contribution in [3.63, 3.8) is 0 Å². The van der Waals surface area contributed by atoms with Gasteiger partial charge in [-0.2, -0.15) is 0 Å². The van der Waals surface area contributed by atoms with Crippen molar-refractivity contribution in [2.45, 2.75) is 6.92 Å². The maximum absolute atomic E-state index is 14.0. The number of rotatable bonds is 2. The van der Waals surface area contributed by atoms with E-state index < -0.39 is 13.4 Å². The van der Waals surface area contributed by atoms with E-state index >= 15 is 0 Å². The third-order valence-electron chi connectivity index (χ3n) is 2.96. The molecule has 1 unspecified atom stereocenters. The fraction of sp³-hybridized carbons (Fsp3) is 0.143. The summed E-state index contributed by atoms with van der Waals surface area (Å²) in [5.74, 6) is -0.136. The molecule has 0 amide bonds. The summed E-state index contributed by atoms with van der Waals surface area (Å²) in [4.78, 5) is 0. The van der Waals surface area contributed by atoms with E-state index in [9.17, 15) is 8.96 Å². The van der Waals surface area contributed by atoms with E-state index in [1.807, 2.05) is 0 Å². The molecular formula is C14H12FO3P. The number of halogens is 1. The lowest BCUT2D eigenvalue weighted by molar-refractivity contribution is 0.288. The molecule has 19 heavy (non-hydrogen) atoms. The minimum atomic E-state index is -3.42. The van der Waals surface area contributed by atoms with Gasteiger partial charge in [0.1, 0.15) is 11.6 Å². The fourth-order valence-corrected chi connectivity index (χ4v) is 4.00. The molecule has 0 saturated heterocycles. The summed E-state index contributed by atoms with van der Waals surface area (Å²) in [5, 5.41) is 0.412. The molecular weight excluding hydrogens is 266 g/mol. The molecule has 0 saturated carbocycles. The van der Waals surface area contributed by atoms with Crippen LogP contribution in [0.5, 0.6) is 5.75 Å². The van der Waals surface area contributed by atoms with Crippen LogP contribution in [0, 0.1) is 5.82 Å². The first-order valence-electron chi connectivity index (χ1n) is 5.98. The molecule has 0 radical (unpaired) electrons. The number of fused-ring (bicyclic) bond motifs is 3. The topological polar surface area (TPSA) is 35.5 Å². The van der Waals surface area contributed by atoms with Gasteiger partial charge in [-0.15, -0.1) is 0 Å². The molecule has 98 valence electrons. The standard InChI is InChI=1S/C14H12FO3P/c1-2-17-19(16)13-9-4-3-6-10(13)14-11(15)7-5-8-12(14)18-19/h3-9H,2H2,1H3. The quantitative estimate of drug-likeness (QED) is 0.785. The van der Waals surface area contributed by atoms with E-state index in [0.717, 1.165) is 0 Å². The Morgan fingerprint density at radius 1 is 1.21 bits per heavy atom. The Morgan fingerprint density at radius 2 is 2.00 bits per heavy atom. The van der Waals surface area contributed by atoms with Crippen molar-refractivity contribution in [1.29, 1.82) is 0 Å². The van der Waals surface area contributed by atoms with Gasteiger partial charge in [0.05, 0.1) is 17.5 Å². The summed E-state index contributed by atoms with van der Waals surface area (Å²) in [6, 6.07) is 11.4. The molecule has 1 aliphatic heterocycles. The molecule has 0 spiro atoms. The molecule has 1 atom stereocenters. The normalized spacial score (nSPS) is 20.3. The van der Waals surface area contributed by atoms with Gasteiger partial charge in [0.25, 0.3) is 0 Å². The zero-order valence-electron chi connectivity index (χ0n) is 10.3. The number of hydrogen-bond donors (Lipinski definition) is 0. The fourth-order valence-electron chi connectivity index (χ4n) is 2.21. The molecule has 3 nitrogen and oxygen atoms in total. The van der Waals surface area contributed by atoms with Crippen LogP contribution in [0.4, 0.5) is 4.39 Å². The highest BCUT2D eigenvalue weighted by molar-refractivity contribution is 7.63. The summed E-state index contributed by atoms with van der Waals surface area (Å²) in [7, 11) is -3.42. The molecule has 0 aromatic heterocycles. The average molecular weight is 278 g/mol. The summed E-state index contributed by atoms with van der Waals surface area (Å²) < 4.78 is 37.5. The zero-order valence-corrected chi connectivity index (χ0v) is 11.2. The Balaban J connectivity index is 2.30. The van der Waals surface area contributed by atoms with Gasteiger partial charge in [0.15, 0.2) is 0 Å². The third kappa shape index (κ3) is 1.88. The van der Waals surface area contributed by atoms with E-state index in [2.05, 4.69) is 0 Å². The van der Waals surface area contributed by atoms with Crippen molar-refractivity contribution in [2.75, 3.05) is 6.61 Å².